The number of nitrogens with zero attached hydrogens (tertiary/aromatic N) is 6. The summed E-state index contributed by atoms with van der Waals surface area (Å²) in [6, 6.07) is 5.59. The van der Waals surface area contributed by atoms with Gasteiger partial charge in [-0.3, -0.25) is 4.79 Å². The van der Waals surface area contributed by atoms with Gasteiger partial charge >= 0.3 is 0 Å². The molecule has 0 unspecified atom stereocenters. The third kappa shape index (κ3) is 4.02. The van der Waals surface area contributed by atoms with Crippen LogP contribution < -0.4 is 9.80 Å². The Morgan fingerprint density at radius 1 is 0.926 bits per heavy atom. The number of pyridine rings is 1. The van der Waals surface area contributed by atoms with Crippen LogP contribution in [0.4, 0.5) is 11.8 Å². The smallest absolute Gasteiger partial charge is 0.254 e. The highest BCUT2D eigenvalue weighted by Crippen LogP contribution is 2.22. The summed E-state index contributed by atoms with van der Waals surface area (Å²) in [5, 5.41) is 0. The van der Waals surface area contributed by atoms with Gasteiger partial charge in [0.1, 0.15) is 5.82 Å². The molecule has 0 aromatic carbocycles. The molecule has 0 spiro atoms. The van der Waals surface area contributed by atoms with E-state index in [4.69, 9.17) is 0 Å². The van der Waals surface area contributed by atoms with Crippen LogP contribution in [0.3, 0.4) is 0 Å². The van der Waals surface area contributed by atoms with Crippen molar-refractivity contribution in [3.63, 3.8) is 0 Å². The van der Waals surface area contributed by atoms with Crippen molar-refractivity contribution in [1.82, 2.24) is 19.9 Å². The first-order valence-electron chi connectivity index (χ1n) is 9.73. The van der Waals surface area contributed by atoms with E-state index in [0.29, 0.717) is 13.1 Å². The summed E-state index contributed by atoms with van der Waals surface area (Å²) in [6.45, 7) is 7.18. The summed E-state index contributed by atoms with van der Waals surface area (Å²) in [5.74, 6) is 2.51. The topological polar surface area (TPSA) is 65.5 Å². The van der Waals surface area contributed by atoms with Gasteiger partial charge in [0, 0.05) is 63.4 Å². The van der Waals surface area contributed by atoms with Crippen LogP contribution in [0.15, 0.2) is 36.8 Å². The fraction of sp³-hybridized carbons (Fsp3) is 0.500. The number of hydrogen-bond donors (Lipinski definition) is 0. The molecule has 142 valence electrons. The van der Waals surface area contributed by atoms with Crippen LogP contribution in [0.25, 0.3) is 0 Å². The van der Waals surface area contributed by atoms with E-state index in [1.807, 2.05) is 23.1 Å². The molecule has 2 saturated heterocycles. The molecular weight excluding hydrogens is 340 g/mol. The SMILES string of the molecule is CC1CCN(c2cc(C(=O)N3CCN(c4ncccn4)CC3)ccn2)CC1. The fourth-order valence-electron chi connectivity index (χ4n) is 3.71. The predicted molar refractivity (Wildman–Crippen MR) is 105 cm³/mol. The standard InChI is InChI=1S/C20H26N6O/c1-16-4-9-24(10-5-16)18-15-17(3-8-21-18)19(27)25-11-13-26(14-12-25)20-22-6-2-7-23-20/h2-3,6-8,15-16H,4-5,9-14H2,1H3. The van der Waals surface area contributed by atoms with Gasteiger partial charge in [0.25, 0.3) is 5.91 Å². The zero-order valence-corrected chi connectivity index (χ0v) is 15.8. The summed E-state index contributed by atoms with van der Waals surface area (Å²) in [7, 11) is 0. The molecule has 4 rings (SSSR count). The minimum atomic E-state index is 0.0812. The van der Waals surface area contributed by atoms with Crippen molar-refractivity contribution in [2.75, 3.05) is 49.1 Å². The second-order valence-corrected chi connectivity index (χ2v) is 7.40. The zero-order valence-electron chi connectivity index (χ0n) is 15.8. The molecule has 2 aromatic heterocycles. The van der Waals surface area contributed by atoms with Gasteiger partial charge in [0.15, 0.2) is 0 Å². The van der Waals surface area contributed by atoms with Crippen molar-refractivity contribution in [3.8, 4) is 0 Å². The monoisotopic (exact) mass is 366 g/mol. The summed E-state index contributed by atoms with van der Waals surface area (Å²) in [6.07, 6.45) is 7.63. The van der Waals surface area contributed by atoms with Gasteiger partial charge in [-0.1, -0.05) is 6.92 Å². The van der Waals surface area contributed by atoms with E-state index in [1.54, 1.807) is 18.6 Å². The Hall–Kier alpha value is -2.70. The van der Waals surface area contributed by atoms with E-state index in [2.05, 4.69) is 31.7 Å². The lowest BCUT2D eigenvalue weighted by Crippen LogP contribution is -2.49. The average molecular weight is 366 g/mol. The highest BCUT2D eigenvalue weighted by atomic mass is 16.2. The third-order valence-corrected chi connectivity index (χ3v) is 5.50. The van der Waals surface area contributed by atoms with Crippen molar-refractivity contribution < 1.29 is 4.79 Å². The Morgan fingerprint density at radius 3 is 2.33 bits per heavy atom. The highest BCUT2D eigenvalue weighted by Gasteiger charge is 2.24. The van der Waals surface area contributed by atoms with Crippen LogP contribution in [0.1, 0.15) is 30.1 Å². The normalized spacial score (nSPS) is 18.6. The number of rotatable bonds is 3. The average Bonchev–Trinajstić information content (AvgIpc) is 2.75. The van der Waals surface area contributed by atoms with Crippen molar-refractivity contribution >= 4 is 17.7 Å². The fourth-order valence-corrected chi connectivity index (χ4v) is 3.71. The van der Waals surface area contributed by atoms with Crippen molar-refractivity contribution in [1.29, 1.82) is 0 Å². The summed E-state index contributed by atoms with van der Waals surface area (Å²) < 4.78 is 0. The van der Waals surface area contributed by atoms with Gasteiger partial charge in [-0.15, -0.1) is 0 Å². The van der Waals surface area contributed by atoms with Crippen molar-refractivity contribution in [2.24, 2.45) is 5.92 Å². The second-order valence-electron chi connectivity index (χ2n) is 7.40. The van der Waals surface area contributed by atoms with Gasteiger partial charge in [0.2, 0.25) is 5.95 Å². The predicted octanol–water partition coefficient (Wildman–Crippen LogP) is 2.07. The van der Waals surface area contributed by atoms with Crippen LogP contribution in [-0.4, -0.2) is 65.0 Å². The molecule has 7 heteroatoms. The molecular formula is C20H26N6O. The molecule has 0 bridgehead atoms. The Labute approximate surface area is 160 Å². The Bertz CT molecular complexity index is 767. The molecule has 27 heavy (non-hydrogen) atoms. The lowest BCUT2D eigenvalue weighted by atomic mass is 9.99. The number of piperazine rings is 1. The van der Waals surface area contributed by atoms with E-state index in [-0.39, 0.29) is 5.91 Å². The maximum absolute atomic E-state index is 13.0. The van der Waals surface area contributed by atoms with E-state index >= 15 is 0 Å². The molecule has 0 saturated carbocycles. The molecule has 2 aliphatic rings. The molecule has 2 fully saturated rings. The zero-order chi connectivity index (χ0) is 18.6. The summed E-state index contributed by atoms with van der Waals surface area (Å²) in [5.41, 5.74) is 0.725. The molecule has 1 amide bonds. The number of anilines is 2. The quantitative estimate of drug-likeness (QED) is 0.829. The van der Waals surface area contributed by atoms with Gasteiger partial charge in [-0.2, -0.15) is 0 Å². The molecule has 2 aromatic rings. The molecule has 4 heterocycles. The third-order valence-electron chi connectivity index (χ3n) is 5.50. The van der Waals surface area contributed by atoms with Crippen LogP contribution in [0, 0.1) is 5.92 Å². The number of aromatic nitrogens is 3. The minimum absolute atomic E-state index is 0.0812. The maximum Gasteiger partial charge on any atom is 0.254 e. The van der Waals surface area contributed by atoms with E-state index in [1.165, 1.54) is 12.8 Å². The first-order chi connectivity index (χ1) is 13.2. The molecule has 0 radical (unpaired) electrons. The Morgan fingerprint density at radius 2 is 1.63 bits per heavy atom. The maximum atomic E-state index is 13.0. The minimum Gasteiger partial charge on any atom is -0.357 e. The van der Waals surface area contributed by atoms with E-state index < -0.39 is 0 Å². The lowest BCUT2D eigenvalue weighted by Gasteiger charge is -2.35. The molecule has 0 aliphatic carbocycles. The highest BCUT2D eigenvalue weighted by molar-refractivity contribution is 5.95. The Balaban J connectivity index is 1.39. The lowest BCUT2D eigenvalue weighted by molar-refractivity contribution is 0.0746. The Kier molecular flexibility index (Phi) is 5.18. The number of carbonyl (C=O) groups is 1. The van der Waals surface area contributed by atoms with Crippen LogP contribution in [0.5, 0.6) is 0 Å². The van der Waals surface area contributed by atoms with Crippen LogP contribution in [-0.2, 0) is 0 Å². The van der Waals surface area contributed by atoms with Gasteiger partial charge in [-0.05, 0) is 37.0 Å². The molecule has 0 atom stereocenters. The largest absolute Gasteiger partial charge is 0.357 e. The molecule has 0 N–H and O–H groups in total. The van der Waals surface area contributed by atoms with Gasteiger partial charge in [0.05, 0.1) is 0 Å². The van der Waals surface area contributed by atoms with Crippen molar-refractivity contribution in [2.45, 2.75) is 19.8 Å². The van der Waals surface area contributed by atoms with Crippen LogP contribution >= 0.6 is 0 Å². The number of hydrogen-bond acceptors (Lipinski definition) is 6. The number of carbonyl (C=O) groups excluding carboxylic acids is 1. The van der Waals surface area contributed by atoms with E-state index in [9.17, 15) is 4.79 Å². The van der Waals surface area contributed by atoms with Gasteiger partial charge in [-0.25, -0.2) is 15.0 Å². The first-order valence-corrected chi connectivity index (χ1v) is 9.73. The molecule has 2 aliphatic heterocycles. The second kappa shape index (κ2) is 7.90. The van der Waals surface area contributed by atoms with E-state index in [0.717, 1.165) is 49.4 Å². The number of amides is 1. The first kappa shape index (κ1) is 17.7. The van der Waals surface area contributed by atoms with Gasteiger partial charge < -0.3 is 14.7 Å². The summed E-state index contributed by atoms with van der Waals surface area (Å²) >= 11 is 0. The molecule has 7 nitrogen and oxygen atoms in total. The van der Waals surface area contributed by atoms with Crippen LogP contribution in [0.2, 0.25) is 0 Å². The number of piperidine rings is 1. The summed E-state index contributed by atoms with van der Waals surface area (Å²) in [4.78, 5) is 32.4. The van der Waals surface area contributed by atoms with Crippen molar-refractivity contribution in [3.05, 3.63) is 42.4 Å².